The zero-order chi connectivity index (χ0) is 15.6. The Kier molecular flexibility index (Phi) is 9.66. The Labute approximate surface area is 128 Å². The van der Waals surface area contributed by atoms with E-state index in [2.05, 4.69) is 0 Å². The van der Waals surface area contributed by atoms with Crippen molar-refractivity contribution in [3.63, 3.8) is 0 Å². The Morgan fingerprint density at radius 1 is 1.00 bits per heavy atom. The summed E-state index contributed by atoms with van der Waals surface area (Å²) in [6.45, 7) is 3.67. The maximum atomic E-state index is 11.4. The Morgan fingerprint density at radius 2 is 1.50 bits per heavy atom. The molecule has 20 heavy (non-hydrogen) atoms. The van der Waals surface area contributed by atoms with Gasteiger partial charge in [-0.25, -0.2) is 0 Å². The number of ether oxygens (including phenoxy) is 1. The Hall–Kier alpha value is -0.143. The Morgan fingerprint density at radius 3 is 1.95 bits per heavy atom. The fraction of sp³-hybridized carbons (Fsp3) is 0.923. The molecule has 5 nitrogen and oxygen atoms in total. The highest BCUT2D eigenvalue weighted by Crippen LogP contribution is 2.18. The highest BCUT2D eigenvalue weighted by Gasteiger charge is 2.36. The molecule has 0 unspecified atom stereocenters. The van der Waals surface area contributed by atoms with Crippen LogP contribution in [0.3, 0.4) is 0 Å². The van der Waals surface area contributed by atoms with E-state index in [1.54, 1.807) is 35.2 Å². The number of unbranched alkanes of at least 4 members (excludes halogenated alkanes) is 3. The molecule has 0 rings (SSSR count). The van der Waals surface area contributed by atoms with Gasteiger partial charge in [0.2, 0.25) is 0 Å². The molecule has 7 heteroatoms. The molecule has 0 aliphatic heterocycles. The van der Waals surface area contributed by atoms with Crippen LogP contribution in [0.4, 0.5) is 0 Å². The van der Waals surface area contributed by atoms with Crippen LogP contribution >= 0.6 is 11.6 Å². The summed E-state index contributed by atoms with van der Waals surface area (Å²) in [5, 5.41) is 0. The highest BCUT2D eigenvalue weighted by atomic mass is 35.5. The van der Waals surface area contributed by atoms with Gasteiger partial charge in [-0.15, -0.1) is 11.6 Å². The molecule has 0 amide bonds. The molecule has 0 saturated heterocycles. The van der Waals surface area contributed by atoms with Crippen molar-refractivity contribution in [3.8, 4) is 0 Å². The number of carbonyl (C=O) groups is 1. The van der Waals surface area contributed by atoms with Crippen LogP contribution in [-0.4, -0.2) is 47.6 Å². The van der Waals surface area contributed by atoms with Crippen LogP contribution in [0.5, 0.6) is 0 Å². The summed E-state index contributed by atoms with van der Waals surface area (Å²) in [7, 11) is 2.42. The first-order chi connectivity index (χ1) is 9.31. The lowest BCUT2D eigenvalue weighted by molar-refractivity contribution is -0.146. The number of carbonyl (C=O) groups excluding carboxylic acids is 1. The van der Waals surface area contributed by atoms with Gasteiger partial charge in [0, 0.05) is 27.4 Å². The van der Waals surface area contributed by atoms with Crippen molar-refractivity contribution in [1.82, 2.24) is 0 Å². The summed E-state index contributed by atoms with van der Waals surface area (Å²) >= 11 is 5.83. The zero-order valence-electron chi connectivity index (χ0n) is 13.2. The summed E-state index contributed by atoms with van der Waals surface area (Å²) in [6.07, 6.45) is 3.81. The summed E-state index contributed by atoms with van der Waals surface area (Å²) in [5.41, 5.74) is 0. The third-order valence-corrected chi connectivity index (χ3v) is 6.02. The minimum absolute atomic E-state index is 0.372. The molecule has 0 bridgehead atoms. The molecule has 0 N–H and O–H groups in total. The zero-order valence-corrected chi connectivity index (χ0v) is 14.9. The molecular formula is C13H27ClO5Si. The van der Waals surface area contributed by atoms with Gasteiger partial charge in [0.1, 0.15) is 4.87 Å². The van der Waals surface area contributed by atoms with Crippen LogP contribution in [0.15, 0.2) is 0 Å². The van der Waals surface area contributed by atoms with Gasteiger partial charge in [0.25, 0.3) is 0 Å². The maximum absolute atomic E-state index is 11.4. The molecule has 0 aliphatic carbocycles. The molecule has 0 radical (unpaired) electrons. The van der Waals surface area contributed by atoms with E-state index in [4.69, 9.17) is 29.6 Å². The number of esters is 1. The largest absolute Gasteiger partial charge is 0.500 e. The van der Waals surface area contributed by atoms with Gasteiger partial charge in [-0.1, -0.05) is 12.8 Å². The molecule has 0 saturated carbocycles. The lowest BCUT2D eigenvalue weighted by Gasteiger charge is -2.24. The molecule has 0 spiro atoms. The van der Waals surface area contributed by atoms with Crippen LogP contribution < -0.4 is 0 Å². The van der Waals surface area contributed by atoms with E-state index in [9.17, 15) is 4.79 Å². The van der Waals surface area contributed by atoms with Gasteiger partial charge in [0.05, 0.1) is 6.61 Å². The average molecular weight is 327 g/mol. The van der Waals surface area contributed by atoms with Crippen LogP contribution in [0.1, 0.15) is 39.5 Å². The van der Waals surface area contributed by atoms with Gasteiger partial charge < -0.3 is 18.0 Å². The van der Waals surface area contributed by atoms with E-state index in [-0.39, 0.29) is 5.97 Å². The fourth-order valence-corrected chi connectivity index (χ4v) is 3.54. The van der Waals surface area contributed by atoms with Gasteiger partial charge >= 0.3 is 14.8 Å². The van der Waals surface area contributed by atoms with Gasteiger partial charge in [-0.3, -0.25) is 4.79 Å². The molecule has 0 aliphatic rings. The first kappa shape index (κ1) is 19.9. The van der Waals surface area contributed by atoms with Crippen molar-refractivity contribution >= 4 is 26.4 Å². The second-order valence-corrected chi connectivity index (χ2v) is 9.10. The SMILES string of the molecule is CO[Si](CCCCCCOC(=O)C(C)(C)Cl)(OC)OC. The first-order valence-electron chi connectivity index (χ1n) is 6.83. The molecule has 120 valence electrons. The number of hydrogen-bond donors (Lipinski definition) is 0. The molecule has 0 aromatic rings. The summed E-state index contributed by atoms with van der Waals surface area (Å²) in [6, 6.07) is 0.797. The van der Waals surface area contributed by atoms with Crippen molar-refractivity contribution in [3.05, 3.63) is 0 Å². The molecule has 0 aromatic carbocycles. The van der Waals surface area contributed by atoms with E-state index < -0.39 is 13.7 Å². The maximum Gasteiger partial charge on any atom is 0.500 e. The number of rotatable bonds is 11. The van der Waals surface area contributed by atoms with Crippen LogP contribution in [0.25, 0.3) is 0 Å². The lowest BCUT2D eigenvalue weighted by Crippen LogP contribution is -2.42. The third-order valence-electron chi connectivity index (χ3n) is 3.03. The average Bonchev–Trinajstić information content (AvgIpc) is 2.41. The van der Waals surface area contributed by atoms with E-state index in [1.807, 2.05) is 0 Å². The van der Waals surface area contributed by atoms with Crippen molar-refractivity contribution < 1.29 is 22.8 Å². The normalized spacial score (nSPS) is 12.5. The number of alkyl halides is 1. The third kappa shape index (κ3) is 7.59. The van der Waals surface area contributed by atoms with Crippen molar-refractivity contribution in [2.45, 2.75) is 50.4 Å². The molecule has 0 atom stereocenters. The van der Waals surface area contributed by atoms with Crippen molar-refractivity contribution in [2.24, 2.45) is 0 Å². The highest BCUT2D eigenvalue weighted by molar-refractivity contribution is 6.60. The van der Waals surface area contributed by atoms with Crippen molar-refractivity contribution in [1.29, 1.82) is 0 Å². The smallest absolute Gasteiger partial charge is 0.464 e. The Bertz CT molecular complexity index is 268. The van der Waals surface area contributed by atoms with E-state index >= 15 is 0 Å². The van der Waals surface area contributed by atoms with E-state index in [0.717, 1.165) is 31.7 Å². The topological polar surface area (TPSA) is 54.0 Å². The monoisotopic (exact) mass is 326 g/mol. The van der Waals surface area contributed by atoms with Gasteiger partial charge in [0.15, 0.2) is 0 Å². The number of halogens is 1. The minimum atomic E-state index is -2.43. The number of hydrogen-bond acceptors (Lipinski definition) is 5. The van der Waals surface area contributed by atoms with Crippen LogP contribution in [0, 0.1) is 0 Å². The van der Waals surface area contributed by atoms with Gasteiger partial charge in [-0.2, -0.15) is 0 Å². The first-order valence-corrected chi connectivity index (χ1v) is 9.14. The lowest BCUT2D eigenvalue weighted by atomic mass is 10.2. The second kappa shape index (κ2) is 9.73. The van der Waals surface area contributed by atoms with Gasteiger partial charge in [-0.05, 0) is 26.7 Å². The summed E-state index contributed by atoms with van der Waals surface area (Å²) in [4.78, 5) is 10.5. The summed E-state index contributed by atoms with van der Waals surface area (Å²) in [5.74, 6) is -0.372. The molecule has 0 aromatic heterocycles. The molecule has 0 heterocycles. The summed E-state index contributed by atoms with van der Waals surface area (Å²) < 4.78 is 21.1. The second-order valence-electron chi connectivity index (χ2n) is 5.07. The van der Waals surface area contributed by atoms with E-state index in [1.165, 1.54) is 0 Å². The molecule has 0 fully saturated rings. The fourth-order valence-electron chi connectivity index (χ4n) is 1.69. The quantitative estimate of drug-likeness (QED) is 0.253. The van der Waals surface area contributed by atoms with E-state index in [0.29, 0.717) is 6.61 Å². The standard InChI is InChI=1S/C13H27ClO5Si/c1-13(2,14)12(15)19-10-8-6-7-9-11-20(16-3,17-4)18-5/h6-11H2,1-5H3. The van der Waals surface area contributed by atoms with Crippen molar-refractivity contribution in [2.75, 3.05) is 27.9 Å². The predicted octanol–water partition coefficient (Wildman–Crippen LogP) is 2.99. The van der Waals surface area contributed by atoms with Crippen LogP contribution in [-0.2, 0) is 22.8 Å². The van der Waals surface area contributed by atoms with Crippen LogP contribution in [0.2, 0.25) is 6.04 Å². The Balaban J connectivity index is 3.66. The predicted molar refractivity (Wildman–Crippen MR) is 80.9 cm³/mol. The molecular weight excluding hydrogens is 300 g/mol. The minimum Gasteiger partial charge on any atom is -0.464 e.